The third-order valence-electron chi connectivity index (χ3n) is 8.59. The van der Waals surface area contributed by atoms with E-state index in [4.69, 9.17) is 9.47 Å². The van der Waals surface area contributed by atoms with E-state index in [1.807, 2.05) is 12.4 Å². The molecule has 0 spiro atoms. The fourth-order valence-corrected chi connectivity index (χ4v) is 6.46. The molecule has 3 aliphatic heterocycles. The van der Waals surface area contributed by atoms with Crippen LogP contribution in [-0.2, 0) is 4.74 Å². The van der Waals surface area contributed by atoms with Crippen LogP contribution in [0.4, 0.5) is 11.4 Å². The molecule has 2 saturated heterocycles. The largest absolute Gasteiger partial charge is 0.453 e. The molecule has 0 radical (unpaired) electrons. The number of ether oxygens (including phenoxy) is 2. The SMILES string of the molecule is c1cc2c(cc1-c1cnc3[nH]ncc3c1)Oc1cc(-c3cnc4[nH]ncc4c3)ccc1N2CCN1C[C@H]2C[C@@H]1CO2. The van der Waals surface area contributed by atoms with Crippen LogP contribution in [0.1, 0.15) is 6.42 Å². The van der Waals surface area contributed by atoms with Crippen molar-refractivity contribution in [2.45, 2.75) is 18.6 Å². The van der Waals surface area contributed by atoms with E-state index in [-0.39, 0.29) is 0 Å². The number of benzene rings is 2. The third kappa shape index (κ3) is 3.79. The minimum atomic E-state index is 0.386. The molecule has 3 aliphatic rings. The van der Waals surface area contributed by atoms with Gasteiger partial charge in [-0.1, -0.05) is 12.1 Å². The molecule has 10 heteroatoms. The van der Waals surface area contributed by atoms with Crippen LogP contribution in [0.3, 0.4) is 0 Å². The maximum Gasteiger partial charge on any atom is 0.155 e. The molecular weight excluding hydrogens is 516 g/mol. The third-order valence-corrected chi connectivity index (χ3v) is 8.59. The zero-order chi connectivity index (χ0) is 26.9. The summed E-state index contributed by atoms with van der Waals surface area (Å²) in [6, 6.07) is 17.6. The summed E-state index contributed by atoms with van der Waals surface area (Å²) in [5.41, 5.74) is 7.80. The number of likely N-dealkylation sites (tertiary alicyclic amines) is 1. The average molecular weight is 543 g/mol. The van der Waals surface area contributed by atoms with Gasteiger partial charge in [0.15, 0.2) is 22.8 Å². The number of anilines is 2. The van der Waals surface area contributed by atoms with E-state index < -0.39 is 0 Å². The predicted molar refractivity (Wildman–Crippen MR) is 155 cm³/mol. The average Bonchev–Trinajstić information content (AvgIpc) is 3.83. The second-order valence-electron chi connectivity index (χ2n) is 11.0. The Morgan fingerprint density at radius 1 is 0.732 bits per heavy atom. The maximum atomic E-state index is 6.65. The highest BCUT2D eigenvalue weighted by atomic mass is 16.5. The Morgan fingerprint density at radius 3 is 1.93 bits per heavy atom. The molecule has 0 saturated carbocycles. The molecule has 4 aromatic heterocycles. The normalized spacial score (nSPS) is 19.6. The van der Waals surface area contributed by atoms with Crippen LogP contribution in [0.2, 0.25) is 0 Å². The van der Waals surface area contributed by atoms with Crippen molar-refractivity contribution < 1.29 is 9.47 Å². The molecule has 0 aliphatic carbocycles. The number of hydrogen-bond acceptors (Lipinski definition) is 8. The molecule has 0 amide bonds. The minimum Gasteiger partial charge on any atom is -0.453 e. The molecule has 202 valence electrons. The summed E-state index contributed by atoms with van der Waals surface area (Å²) >= 11 is 0. The van der Waals surface area contributed by atoms with Gasteiger partial charge in [-0.3, -0.25) is 15.1 Å². The van der Waals surface area contributed by atoms with Gasteiger partial charge in [-0.15, -0.1) is 0 Å². The molecule has 2 aromatic carbocycles. The first-order chi connectivity index (χ1) is 20.2. The predicted octanol–water partition coefficient (Wildman–Crippen LogP) is 5.28. The van der Waals surface area contributed by atoms with Crippen molar-refractivity contribution in [1.29, 1.82) is 0 Å². The van der Waals surface area contributed by atoms with E-state index in [2.05, 4.69) is 88.7 Å². The molecule has 9 rings (SSSR count). The van der Waals surface area contributed by atoms with Crippen molar-refractivity contribution in [3.8, 4) is 33.8 Å². The smallest absolute Gasteiger partial charge is 0.155 e. The lowest BCUT2D eigenvalue weighted by Gasteiger charge is -2.35. The maximum absolute atomic E-state index is 6.65. The van der Waals surface area contributed by atoms with Gasteiger partial charge in [0.1, 0.15) is 0 Å². The Morgan fingerprint density at radius 2 is 1.37 bits per heavy atom. The number of pyridine rings is 2. The van der Waals surface area contributed by atoms with Gasteiger partial charge in [-0.25, -0.2) is 9.97 Å². The molecular formula is C31H26N8O2. The number of fused-ring (bicyclic) bond motifs is 6. The van der Waals surface area contributed by atoms with E-state index in [0.29, 0.717) is 12.1 Å². The fraction of sp³-hybridized carbons (Fsp3) is 0.226. The van der Waals surface area contributed by atoms with Gasteiger partial charge in [-0.05, 0) is 53.9 Å². The summed E-state index contributed by atoms with van der Waals surface area (Å²) in [4.78, 5) is 14.0. The van der Waals surface area contributed by atoms with Crippen molar-refractivity contribution >= 4 is 33.4 Å². The Hall–Kier alpha value is -4.80. The van der Waals surface area contributed by atoms with Crippen LogP contribution >= 0.6 is 0 Å². The van der Waals surface area contributed by atoms with Gasteiger partial charge in [0, 0.05) is 60.0 Å². The Kier molecular flexibility index (Phi) is 4.96. The lowest BCUT2D eigenvalue weighted by molar-refractivity contribution is 0.0320. The number of nitrogens with zero attached hydrogens (tertiary/aromatic N) is 6. The molecule has 2 fully saturated rings. The van der Waals surface area contributed by atoms with E-state index in [9.17, 15) is 0 Å². The highest BCUT2D eigenvalue weighted by Gasteiger charge is 2.39. The summed E-state index contributed by atoms with van der Waals surface area (Å²) in [5, 5.41) is 16.0. The number of aromatic amines is 2. The zero-order valence-electron chi connectivity index (χ0n) is 22.1. The summed E-state index contributed by atoms with van der Waals surface area (Å²) < 4.78 is 12.5. The van der Waals surface area contributed by atoms with Crippen LogP contribution < -0.4 is 9.64 Å². The number of nitrogens with one attached hydrogen (secondary N) is 2. The standard InChI is InChI=1S/C31H26N8O2/c1-3-26-28(9-18(1)20-7-22-14-34-36-30(22)32-12-20)41-29-10-19(21-8-23-15-35-37-31(23)33-13-21)2-4-27(29)39(26)6-5-38-16-25-11-24(38)17-40-25/h1-4,7-10,12-15,24-25H,5-6,11,16-17H2,(H,32,34,36)(H,33,35,37)/t24-,25-/m1/s1. The number of rotatable bonds is 5. The quantitative estimate of drug-likeness (QED) is 0.303. The van der Waals surface area contributed by atoms with E-state index in [1.54, 1.807) is 12.4 Å². The first-order valence-electron chi connectivity index (χ1n) is 13.9. The topological polar surface area (TPSA) is 108 Å². The minimum absolute atomic E-state index is 0.386. The van der Waals surface area contributed by atoms with Crippen molar-refractivity contribution in [3.05, 3.63) is 73.3 Å². The number of hydrogen-bond donors (Lipinski definition) is 2. The lowest BCUT2D eigenvalue weighted by atomic mass is 10.0. The first kappa shape index (κ1) is 23.0. The van der Waals surface area contributed by atoms with Gasteiger partial charge in [-0.2, -0.15) is 10.2 Å². The van der Waals surface area contributed by atoms with Crippen LogP contribution in [-0.4, -0.2) is 73.6 Å². The molecule has 10 nitrogen and oxygen atoms in total. The second-order valence-corrected chi connectivity index (χ2v) is 11.0. The highest BCUT2D eigenvalue weighted by Crippen LogP contribution is 2.49. The van der Waals surface area contributed by atoms with Crippen molar-refractivity contribution in [2.75, 3.05) is 31.1 Å². The molecule has 2 bridgehead atoms. The molecule has 0 unspecified atom stereocenters. The molecule has 41 heavy (non-hydrogen) atoms. The molecule has 2 atom stereocenters. The van der Waals surface area contributed by atoms with Crippen LogP contribution in [0, 0.1) is 0 Å². The fourth-order valence-electron chi connectivity index (χ4n) is 6.46. The van der Waals surface area contributed by atoms with Gasteiger partial charge in [0.2, 0.25) is 0 Å². The van der Waals surface area contributed by atoms with Crippen molar-refractivity contribution in [2.24, 2.45) is 0 Å². The number of morpholine rings is 1. The summed E-state index contributed by atoms with van der Waals surface area (Å²) in [6.45, 7) is 3.68. The van der Waals surface area contributed by atoms with E-state index >= 15 is 0 Å². The number of H-pyrrole nitrogens is 2. The molecule has 2 N–H and O–H groups in total. The van der Waals surface area contributed by atoms with Gasteiger partial charge >= 0.3 is 0 Å². The van der Waals surface area contributed by atoms with Gasteiger partial charge < -0.3 is 14.4 Å². The summed E-state index contributed by atoms with van der Waals surface area (Å²) in [7, 11) is 0. The van der Waals surface area contributed by atoms with Crippen LogP contribution in [0.25, 0.3) is 44.3 Å². The summed E-state index contributed by atoms with van der Waals surface area (Å²) in [5.74, 6) is 1.66. The zero-order valence-corrected chi connectivity index (χ0v) is 22.1. The Bertz CT molecular complexity index is 1820. The van der Waals surface area contributed by atoms with Crippen LogP contribution in [0.15, 0.2) is 73.3 Å². The lowest BCUT2D eigenvalue weighted by Crippen LogP contribution is -2.41. The second kappa shape index (κ2) is 8.85. The number of aromatic nitrogens is 6. The van der Waals surface area contributed by atoms with Crippen molar-refractivity contribution in [1.82, 2.24) is 35.3 Å². The van der Waals surface area contributed by atoms with Gasteiger partial charge in [0.25, 0.3) is 0 Å². The van der Waals surface area contributed by atoms with E-state index in [0.717, 1.165) is 99.9 Å². The first-order valence-corrected chi connectivity index (χ1v) is 13.9. The monoisotopic (exact) mass is 542 g/mol. The van der Waals surface area contributed by atoms with Crippen molar-refractivity contribution in [3.63, 3.8) is 0 Å². The Labute approximate surface area is 234 Å². The Balaban J connectivity index is 1.10. The summed E-state index contributed by atoms with van der Waals surface area (Å²) in [6.07, 6.45) is 8.87. The molecule has 7 heterocycles. The van der Waals surface area contributed by atoms with Gasteiger partial charge in [0.05, 0.1) is 36.5 Å². The highest BCUT2D eigenvalue weighted by molar-refractivity contribution is 5.86. The molecule has 6 aromatic rings. The van der Waals surface area contributed by atoms with Crippen LogP contribution in [0.5, 0.6) is 11.5 Å². The van der Waals surface area contributed by atoms with E-state index in [1.165, 1.54) is 0 Å².